The Morgan fingerprint density at radius 3 is 1.62 bits per heavy atom. The Kier molecular flexibility index (Phi) is 21.9. The van der Waals surface area contributed by atoms with Gasteiger partial charge in [0.2, 0.25) is 0 Å². The second-order valence-corrected chi connectivity index (χ2v) is 19.2. The minimum atomic E-state index is -2.57. The molecule has 0 spiro atoms. The summed E-state index contributed by atoms with van der Waals surface area (Å²) in [5.41, 5.74) is 0. The van der Waals surface area contributed by atoms with Gasteiger partial charge in [-0.15, -0.1) is 0 Å². The van der Waals surface area contributed by atoms with E-state index in [1.54, 1.807) is 0 Å². The van der Waals surface area contributed by atoms with Gasteiger partial charge in [0.25, 0.3) is 0 Å². The zero-order chi connectivity index (χ0) is 28.3. The summed E-state index contributed by atoms with van der Waals surface area (Å²) in [7, 11) is -4.97. The number of carbonyl (C=O) groups excluding carboxylic acids is 1. The average molecular weight is 621 g/mol. The molecule has 0 radical (unpaired) electrons. The Morgan fingerprint density at radius 2 is 1.22 bits per heavy atom. The molecule has 0 bridgehead atoms. The molecule has 13 heteroatoms. The van der Waals surface area contributed by atoms with Crippen molar-refractivity contribution >= 4 is 61.0 Å². The molecule has 0 saturated carbocycles. The monoisotopic (exact) mass is 620 g/mol. The zero-order valence-electron chi connectivity index (χ0n) is 23.4. The number of aliphatic hydroxyl groups is 2. The molecular weight excluding hydrogens is 569 g/mol. The van der Waals surface area contributed by atoms with E-state index in [2.05, 4.69) is 51.4 Å². The maximum Gasteiger partial charge on any atom is 0.335 e. The maximum absolute atomic E-state index is 11.9. The molecule has 5 atom stereocenters. The summed E-state index contributed by atoms with van der Waals surface area (Å²) >= 11 is 12.7. The molecule has 0 saturated heterocycles. The fourth-order valence-corrected chi connectivity index (χ4v) is 8.71. The van der Waals surface area contributed by atoms with E-state index < -0.39 is 17.1 Å². The van der Waals surface area contributed by atoms with Crippen molar-refractivity contribution in [3.63, 3.8) is 0 Å². The summed E-state index contributed by atoms with van der Waals surface area (Å²) < 4.78 is 30.2. The van der Waals surface area contributed by atoms with Gasteiger partial charge in [0.15, 0.2) is 0 Å². The van der Waals surface area contributed by atoms with Crippen molar-refractivity contribution in [2.45, 2.75) is 76.2 Å². The molecule has 0 aliphatic rings. The highest BCUT2D eigenvalue weighted by molar-refractivity contribution is 7.99. The summed E-state index contributed by atoms with van der Waals surface area (Å²) in [5.74, 6) is 0.734. The first kappa shape index (κ1) is 37.7. The molecule has 0 rings (SSSR count). The Morgan fingerprint density at radius 1 is 0.784 bits per heavy atom. The normalized spacial score (nSPS) is 17.7. The van der Waals surface area contributed by atoms with Gasteiger partial charge in [-0.25, -0.2) is 0 Å². The number of esters is 1. The Balaban J connectivity index is 4.82. The van der Waals surface area contributed by atoms with Crippen molar-refractivity contribution in [3.8, 4) is 0 Å². The molecule has 0 heterocycles. The van der Waals surface area contributed by atoms with E-state index in [-0.39, 0.29) is 41.5 Å². The molecule has 0 amide bonds. The van der Waals surface area contributed by atoms with Gasteiger partial charge in [-0.3, -0.25) is 4.79 Å². The van der Waals surface area contributed by atoms with Crippen LogP contribution in [0.4, 0.5) is 0 Å². The first-order valence-corrected chi connectivity index (χ1v) is 20.0. The highest BCUT2D eigenvalue weighted by Crippen LogP contribution is 2.22. The van der Waals surface area contributed by atoms with Gasteiger partial charge in [-0.2, -0.15) is 37.9 Å². The lowest BCUT2D eigenvalue weighted by molar-refractivity contribution is -0.143. The van der Waals surface area contributed by atoms with Crippen molar-refractivity contribution in [2.24, 2.45) is 17.8 Å². The molecule has 0 aromatic carbocycles. The minimum absolute atomic E-state index is 0.0152. The number of carbonyl (C=O) groups is 1. The van der Waals surface area contributed by atoms with E-state index in [1.807, 2.05) is 20.4 Å². The predicted octanol–water partition coefficient (Wildman–Crippen LogP) is 4.31. The number of hydrogen-bond donors (Lipinski definition) is 5. The van der Waals surface area contributed by atoms with Crippen LogP contribution in [0.25, 0.3) is 0 Å². The van der Waals surface area contributed by atoms with Crippen molar-refractivity contribution in [2.75, 3.05) is 52.0 Å². The van der Waals surface area contributed by atoms with Crippen LogP contribution in [0.5, 0.6) is 0 Å². The van der Waals surface area contributed by atoms with E-state index in [1.165, 1.54) is 0 Å². The van der Waals surface area contributed by atoms with Crippen molar-refractivity contribution in [3.05, 3.63) is 0 Å². The first-order valence-electron chi connectivity index (χ1n) is 13.3. The lowest BCUT2D eigenvalue weighted by Gasteiger charge is -2.32. The molecule has 8 nitrogen and oxygen atoms in total. The highest BCUT2D eigenvalue weighted by Gasteiger charge is 2.34. The standard InChI is InChI=1S/C24H52O8S3Si2/c1-20(14-25)16-29-36(4,12-6-10-28-23(27)8-9-24(34)35)31-18-22(3)19-32-37(5,13-7-11-33)30-17-21(2)15-26/h20-22,24-26,33-35H,6-19H2,1-5H3. The van der Waals surface area contributed by atoms with Crippen LogP contribution >= 0.6 is 37.9 Å². The average Bonchev–Trinajstić information content (AvgIpc) is 2.88. The number of ether oxygens (including phenoxy) is 1. The third-order valence-electron chi connectivity index (χ3n) is 5.75. The van der Waals surface area contributed by atoms with E-state index in [0.717, 1.165) is 18.2 Å². The number of aliphatic hydroxyl groups excluding tert-OH is 2. The molecule has 0 aliphatic carbocycles. The Bertz CT molecular complexity index is 596. The fourth-order valence-electron chi connectivity index (χ4n) is 3.10. The summed E-state index contributed by atoms with van der Waals surface area (Å²) in [6, 6.07) is 1.52. The van der Waals surface area contributed by atoms with Crippen LogP contribution in [0.15, 0.2) is 0 Å². The lowest BCUT2D eigenvalue weighted by atomic mass is 10.2. The van der Waals surface area contributed by atoms with Gasteiger partial charge in [0, 0.05) is 68.4 Å². The number of thiol groups is 3. The van der Waals surface area contributed by atoms with Gasteiger partial charge in [0.1, 0.15) is 0 Å². The quantitative estimate of drug-likeness (QED) is 0.0358. The minimum Gasteiger partial charge on any atom is -0.466 e. The van der Waals surface area contributed by atoms with E-state index in [9.17, 15) is 15.0 Å². The Labute approximate surface area is 243 Å². The predicted molar refractivity (Wildman–Crippen MR) is 163 cm³/mol. The summed E-state index contributed by atoms with van der Waals surface area (Å²) in [6.07, 6.45) is 2.42. The van der Waals surface area contributed by atoms with Crippen LogP contribution in [0.3, 0.4) is 0 Å². The van der Waals surface area contributed by atoms with E-state index in [0.29, 0.717) is 58.3 Å². The van der Waals surface area contributed by atoms with Crippen LogP contribution in [-0.2, 0) is 27.2 Å². The van der Waals surface area contributed by atoms with Crippen molar-refractivity contribution in [1.82, 2.24) is 0 Å². The van der Waals surface area contributed by atoms with Crippen molar-refractivity contribution < 1.29 is 37.4 Å². The molecular formula is C24H52O8S3Si2. The molecule has 0 aromatic rings. The van der Waals surface area contributed by atoms with Gasteiger partial charge < -0.3 is 32.7 Å². The number of hydrogen-bond acceptors (Lipinski definition) is 11. The number of rotatable bonds is 24. The van der Waals surface area contributed by atoms with Crippen LogP contribution in [0.2, 0.25) is 25.2 Å². The largest absolute Gasteiger partial charge is 0.466 e. The molecule has 0 aliphatic heterocycles. The van der Waals surface area contributed by atoms with Crippen LogP contribution in [0, 0.1) is 17.8 Å². The molecule has 2 N–H and O–H groups in total. The van der Waals surface area contributed by atoms with Gasteiger partial charge in [-0.05, 0) is 50.2 Å². The summed E-state index contributed by atoms with van der Waals surface area (Å²) in [6.45, 7) is 12.4. The molecule has 5 unspecified atom stereocenters. The second kappa shape index (κ2) is 21.5. The van der Waals surface area contributed by atoms with Gasteiger partial charge in [0.05, 0.1) is 6.61 Å². The third kappa shape index (κ3) is 20.3. The van der Waals surface area contributed by atoms with Gasteiger partial charge in [-0.1, -0.05) is 20.8 Å². The summed E-state index contributed by atoms with van der Waals surface area (Å²) in [4.78, 5) is 11.9. The topological polar surface area (TPSA) is 104 Å². The van der Waals surface area contributed by atoms with Crippen LogP contribution in [0.1, 0.15) is 46.5 Å². The van der Waals surface area contributed by atoms with E-state index in [4.69, 9.17) is 22.4 Å². The third-order valence-corrected chi connectivity index (χ3v) is 12.2. The molecule has 37 heavy (non-hydrogen) atoms. The molecule has 0 aromatic heterocycles. The van der Waals surface area contributed by atoms with Crippen LogP contribution < -0.4 is 0 Å². The fraction of sp³-hybridized carbons (Fsp3) is 0.958. The van der Waals surface area contributed by atoms with E-state index >= 15 is 0 Å². The second-order valence-electron chi connectivity index (χ2n) is 10.4. The first-order chi connectivity index (χ1) is 17.4. The maximum atomic E-state index is 11.9. The van der Waals surface area contributed by atoms with Crippen molar-refractivity contribution in [1.29, 1.82) is 0 Å². The Hall–Kier alpha value is 0.714. The molecule has 222 valence electrons. The smallest absolute Gasteiger partial charge is 0.335 e. The summed E-state index contributed by atoms with van der Waals surface area (Å²) in [5, 5.41) is 18.7. The molecule has 0 fully saturated rings. The van der Waals surface area contributed by atoms with Crippen LogP contribution in [-0.4, -0.2) is 89.9 Å². The van der Waals surface area contributed by atoms with Gasteiger partial charge >= 0.3 is 23.1 Å². The highest BCUT2D eigenvalue weighted by atomic mass is 32.2. The lowest BCUT2D eigenvalue weighted by Crippen LogP contribution is -2.44. The zero-order valence-corrected chi connectivity index (χ0v) is 28.1. The SMILES string of the molecule is CC(CO)CO[Si](C)(CCCS)OCC(C)CO[Si](C)(CCCOC(=O)CCC(S)S)OCC(C)CO.